The van der Waals surface area contributed by atoms with E-state index in [1.54, 1.807) is 7.11 Å². The summed E-state index contributed by atoms with van der Waals surface area (Å²) in [4.78, 5) is 10.9. The van der Waals surface area contributed by atoms with Gasteiger partial charge in [-0.25, -0.2) is 0 Å². The van der Waals surface area contributed by atoms with Crippen LogP contribution in [0.15, 0.2) is 0 Å². The summed E-state index contributed by atoms with van der Waals surface area (Å²) in [6.45, 7) is 3.07. The Morgan fingerprint density at radius 1 is 1.11 bits per heavy atom. The van der Waals surface area contributed by atoms with Crippen molar-refractivity contribution in [2.75, 3.05) is 46.7 Å². The summed E-state index contributed by atoms with van der Waals surface area (Å²) < 4.78 is 15.3. The maximum atomic E-state index is 10.9. The second kappa shape index (κ2) is 12.8. The van der Waals surface area contributed by atoms with Crippen LogP contribution in [0.5, 0.6) is 0 Å². The number of methoxy groups -OCH3 is 1. The van der Waals surface area contributed by atoms with Crippen molar-refractivity contribution in [1.29, 1.82) is 0 Å². The van der Waals surface area contributed by atoms with Gasteiger partial charge >= 0.3 is 5.97 Å². The number of hydrogen-bond acceptors (Lipinski definition) is 5. The molecule has 0 saturated carbocycles. The monoisotopic (exact) mass is 263 g/mol. The SMILES string of the molecule is COCCOCCOCCC(CCCN)C(=O)O. The van der Waals surface area contributed by atoms with Gasteiger partial charge in [-0.1, -0.05) is 0 Å². The van der Waals surface area contributed by atoms with E-state index >= 15 is 0 Å². The Balaban J connectivity index is 3.40. The molecule has 1 unspecified atom stereocenters. The predicted molar refractivity (Wildman–Crippen MR) is 67.5 cm³/mol. The molecule has 0 radical (unpaired) electrons. The zero-order chi connectivity index (χ0) is 13.6. The average Bonchev–Trinajstić information content (AvgIpc) is 2.35. The number of nitrogens with two attached hydrogens (primary N) is 1. The summed E-state index contributed by atoms with van der Waals surface area (Å²) >= 11 is 0. The summed E-state index contributed by atoms with van der Waals surface area (Å²) in [6.07, 6.45) is 1.87. The zero-order valence-corrected chi connectivity index (χ0v) is 11.1. The molecule has 0 amide bonds. The summed E-state index contributed by atoms with van der Waals surface area (Å²) in [6, 6.07) is 0. The van der Waals surface area contributed by atoms with Crippen LogP contribution < -0.4 is 5.73 Å². The van der Waals surface area contributed by atoms with Crippen molar-refractivity contribution >= 4 is 5.97 Å². The average molecular weight is 263 g/mol. The van der Waals surface area contributed by atoms with E-state index in [1.165, 1.54) is 0 Å². The van der Waals surface area contributed by atoms with Crippen LogP contribution in [0.25, 0.3) is 0 Å². The van der Waals surface area contributed by atoms with Crippen molar-refractivity contribution in [1.82, 2.24) is 0 Å². The first kappa shape index (κ1) is 17.3. The van der Waals surface area contributed by atoms with Crippen LogP contribution in [-0.4, -0.2) is 57.8 Å². The Kier molecular flexibility index (Phi) is 12.3. The number of aliphatic carboxylic acids is 1. The smallest absolute Gasteiger partial charge is 0.306 e. The van der Waals surface area contributed by atoms with Gasteiger partial charge in [-0.05, 0) is 25.8 Å². The van der Waals surface area contributed by atoms with Crippen LogP contribution in [0.3, 0.4) is 0 Å². The van der Waals surface area contributed by atoms with Crippen molar-refractivity contribution in [3.05, 3.63) is 0 Å². The Labute approximate surface area is 108 Å². The third kappa shape index (κ3) is 10.5. The molecule has 3 N–H and O–H groups in total. The predicted octanol–water partition coefficient (Wildman–Crippen LogP) is 0.496. The standard InChI is InChI=1S/C12H25NO5/c1-16-7-8-18-10-9-17-6-4-11(12(14)15)3-2-5-13/h11H,2-10,13H2,1H3,(H,14,15). The van der Waals surface area contributed by atoms with Gasteiger partial charge in [-0.15, -0.1) is 0 Å². The second-order valence-corrected chi connectivity index (χ2v) is 3.97. The summed E-state index contributed by atoms with van der Waals surface area (Å²) in [5, 5.41) is 8.96. The molecule has 0 aliphatic rings. The van der Waals surface area contributed by atoms with Crippen molar-refractivity contribution in [3.63, 3.8) is 0 Å². The quantitative estimate of drug-likeness (QED) is 0.470. The molecule has 108 valence electrons. The van der Waals surface area contributed by atoms with Gasteiger partial charge < -0.3 is 25.1 Å². The number of ether oxygens (including phenoxy) is 3. The highest BCUT2D eigenvalue weighted by Gasteiger charge is 2.16. The van der Waals surface area contributed by atoms with E-state index in [0.29, 0.717) is 52.4 Å². The van der Waals surface area contributed by atoms with Crippen LogP contribution in [-0.2, 0) is 19.0 Å². The molecule has 6 heteroatoms. The maximum absolute atomic E-state index is 10.9. The largest absolute Gasteiger partial charge is 0.481 e. The number of carbonyl (C=O) groups is 1. The lowest BCUT2D eigenvalue weighted by atomic mass is 10.0. The third-order valence-corrected chi connectivity index (χ3v) is 2.52. The molecule has 0 rings (SSSR count). The van der Waals surface area contributed by atoms with Crippen molar-refractivity contribution in [2.45, 2.75) is 19.3 Å². The molecule has 0 spiro atoms. The van der Waals surface area contributed by atoms with Gasteiger partial charge in [0.1, 0.15) is 0 Å². The van der Waals surface area contributed by atoms with E-state index in [2.05, 4.69) is 0 Å². The van der Waals surface area contributed by atoms with E-state index in [0.717, 1.165) is 6.42 Å². The van der Waals surface area contributed by atoms with Gasteiger partial charge in [0.2, 0.25) is 0 Å². The van der Waals surface area contributed by atoms with E-state index in [1.807, 2.05) is 0 Å². The fourth-order valence-corrected chi connectivity index (χ4v) is 1.45. The molecule has 0 aliphatic carbocycles. The first-order valence-electron chi connectivity index (χ1n) is 6.29. The van der Waals surface area contributed by atoms with E-state index in [9.17, 15) is 4.79 Å². The normalized spacial score (nSPS) is 12.6. The van der Waals surface area contributed by atoms with Crippen LogP contribution in [0, 0.1) is 5.92 Å². The third-order valence-electron chi connectivity index (χ3n) is 2.52. The molecule has 0 heterocycles. The van der Waals surface area contributed by atoms with Crippen molar-refractivity contribution < 1.29 is 24.1 Å². The van der Waals surface area contributed by atoms with Crippen LogP contribution >= 0.6 is 0 Å². The van der Waals surface area contributed by atoms with Crippen molar-refractivity contribution in [2.24, 2.45) is 11.7 Å². The van der Waals surface area contributed by atoms with Crippen molar-refractivity contribution in [3.8, 4) is 0 Å². The molecule has 0 aromatic carbocycles. The first-order chi connectivity index (χ1) is 8.72. The fraction of sp³-hybridized carbons (Fsp3) is 0.917. The van der Waals surface area contributed by atoms with Gasteiger partial charge in [-0.2, -0.15) is 0 Å². The highest BCUT2D eigenvalue weighted by Crippen LogP contribution is 2.11. The molecule has 0 fully saturated rings. The molecule has 0 aliphatic heterocycles. The Morgan fingerprint density at radius 3 is 2.28 bits per heavy atom. The lowest BCUT2D eigenvalue weighted by molar-refractivity contribution is -0.142. The van der Waals surface area contributed by atoms with Gasteiger partial charge in [0.25, 0.3) is 0 Å². The molecule has 6 nitrogen and oxygen atoms in total. The van der Waals surface area contributed by atoms with Gasteiger partial charge in [0, 0.05) is 13.7 Å². The Hall–Kier alpha value is -0.690. The minimum atomic E-state index is -0.775. The van der Waals surface area contributed by atoms with Crippen LogP contribution in [0.1, 0.15) is 19.3 Å². The van der Waals surface area contributed by atoms with E-state index in [4.69, 9.17) is 25.1 Å². The molecule has 1 atom stereocenters. The minimum Gasteiger partial charge on any atom is -0.481 e. The van der Waals surface area contributed by atoms with Gasteiger partial charge in [0.15, 0.2) is 0 Å². The molecule has 0 aromatic heterocycles. The number of hydrogen-bond donors (Lipinski definition) is 2. The van der Waals surface area contributed by atoms with Crippen LogP contribution in [0.2, 0.25) is 0 Å². The Morgan fingerprint density at radius 2 is 1.72 bits per heavy atom. The molecular weight excluding hydrogens is 238 g/mol. The number of rotatable bonds is 13. The highest BCUT2D eigenvalue weighted by molar-refractivity contribution is 5.69. The number of carboxylic acids is 1. The molecular formula is C12H25NO5. The van der Waals surface area contributed by atoms with Crippen LogP contribution in [0.4, 0.5) is 0 Å². The molecule has 18 heavy (non-hydrogen) atoms. The molecule has 0 saturated heterocycles. The summed E-state index contributed by atoms with van der Waals surface area (Å²) in [5.74, 6) is -1.13. The summed E-state index contributed by atoms with van der Waals surface area (Å²) in [7, 11) is 1.62. The lowest BCUT2D eigenvalue weighted by Crippen LogP contribution is -2.18. The molecule has 0 aromatic rings. The fourth-order valence-electron chi connectivity index (χ4n) is 1.45. The minimum absolute atomic E-state index is 0.358. The van der Waals surface area contributed by atoms with Gasteiger partial charge in [-0.3, -0.25) is 4.79 Å². The second-order valence-electron chi connectivity index (χ2n) is 3.97. The number of carboxylic acid groups (broad SMARTS) is 1. The zero-order valence-electron chi connectivity index (χ0n) is 11.1. The Bertz CT molecular complexity index is 201. The van der Waals surface area contributed by atoms with Gasteiger partial charge in [0.05, 0.1) is 32.3 Å². The van der Waals surface area contributed by atoms with E-state index in [-0.39, 0.29) is 5.92 Å². The van der Waals surface area contributed by atoms with E-state index < -0.39 is 5.97 Å². The lowest BCUT2D eigenvalue weighted by Gasteiger charge is -2.11. The topological polar surface area (TPSA) is 91.0 Å². The highest BCUT2D eigenvalue weighted by atomic mass is 16.5. The maximum Gasteiger partial charge on any atom is 0.306 e. The first-order valence-corrected chi connectivity index (χ1v) is 6.29. The molecule has 0 bridgehead atoms. The summed E-state index contributed by atoms with van der Waals surface area (Å²) in [5.41, 5.74) is 5.36.